The maximum Gasteiger partial charge on any atom is 0.0922 e. The van der Waals surface area contributed by atoms with Crippen LogP contribution in [0.4, 0.5) is 0 Å². The first kappa shape index (κ1) is 11.1. The average Bonchev–Trinajstić information content (AvgIpc) is 2.65. The lowest BCUT2D eigenvalue weighted by atomic mass is 9.91. The summed E-state index contributed by atoms with van der Waals surface area (Å²) >= 11 is 0. The van der Waals surface area contributed by atoms with Gasteiger partial charge in [-0.1, -0.05) is 37.3 Å². The predicted octanol–water partition coefficient (Wildman–Crippen LogP) is 2.27. The first-order chi connectivity index (χ1) is 7.74. The summed E-state index contributed by atoms with van der Waals surface area (Å²) in [6.45, 7) is 3.32. The number of benzene rings is 1. The molecule has 1 aromatic carbocycles. The molecule has 0 saturated heterocycles. The van der Waals surface area contributed by atoms with E-state index in [2.05, 4.69) is 48.6 Å². The van der Waals surface area contributed by atoms with Crippen LogP contribution in [0.25, 0.3) is 0 Å². The van der Waals surface area contributed by atoms with Crippen LogP contribution in [-0.4, -0.2) is 6.54 Å². The summed E-state index contributed by atoms with van der Waals surface area (Å²) in [5, 5.41) is 3.18. The van der Waals surface area contributed by atoms with Crippen LogP contribution in [0.2, 0.25) is 0 Å². The minimum absolute atomic E-state index is 0.610. The lowest BCUT2D eigenvalue weighted by Crippen LogP contribution is -2.17. The van der Waals surface area contributed by atoms with E-state index in [9.17, 15) is 0 Å². The second-order valence-electron chi connectivity index (χ2n) is 4.79. The van der Waals surface area contributed by atoms with Crippen molar-refractivity contribution in [2.24, 2.45) is 17.6 Å². The van der Waals surface area contributed by atoms with Crippen LogP contribution in [0.15, 0.2) is 42.2 Å². The Balaban J connectivity index is 1.83. The molecule has 0 fully saturated rings. The highest BCUT2D eigenvalue weighted by atomic mass is 15.0. The molecule has 16 heavy (non-hydrogen) atoms. The molecule has 1 aliphatic heterocycles. The quantitative estimate of drug-likeness (QED) is 0.810. The molecule has 1 unspecified atom stereocenters. The van der Waals surface area contributed by atoms with Gasteiger partial charge in [0.1, 0.15) is 0 Å². The lowest BCUT2D eigenvalue weighted by Gasteiger charge is -2.14. The van der Waals surface area contributed by atoms with Gasteiger partial charge in [0.2, 0.25) is 0 Å². The van der Waals surface area contributed by atoms with Gasteiger partial charge in [0.05, 0.1) is 5.82 Å². The van der Waals surface area contributed by atoms with Crippen molar-refractivity contribution in [2.75, 3.05) is 6.54 Å². The summed E-state index contributed by atoms with van der Waals surface area (Å²) in [7, 11) is 0. The van der Waals surface area contributed by atoms with Crippen molar-refractivity contribution in [3.05, 3.63) is 47.8 Å². The molecule has 0 radical (unpaired) electrons. The smallest absolute Gasteiger partial charge is 0.0922 e. The van der Waals surface area contributed by atoms with Gasteiger partial charge in [0.15, 0.2) is 0 Å². The molecule has 0 bridgehead atoms. The normalized spacial score (nSPS) is 21.3. The number of hydrogen-bond donors (Lipinski definition) is 2. The summed E-state index contributed by atoms with van der Waals surface area (Å²) in [6, 6.07) is 10.7. The van der Waals surface area contributed by atoms with E-state index >= 15 is 0 Å². The highest BCUT2D eigenvalue weighted by Crippen LogP contribution is 2.20. The molecule has 2 rings (SSSR count). The van der Waals surface area contributed by atoms with Gasteiger partial charge in [0.25, 0.3) is 0 Å². The zero-order chi connectivity index (χ0) is 11.4. The predicted molar refractivity (Wildman–Crippen MR) is 67.7 cm³/mol. The summed E-state index contributed by atoms with van der Waals surface area (Å²) < 4.78 is 0. The Bertz CT molecular complexity index is 356. The van der Waals surface area contributed by atoms with Crippen LogP contribution in [0.5, 0.6) is 0 Å². The molecular weight excluding hydrogens is 196 g/mol. The molecule has 3 N–H and O–H groups in total. The Labute approximate surface area is 97.5 Å². The molecule has 0 spiro atoms. The maximum atomic E-state index is 5.70. The molecule has 2 heteroatoms. The van der Waals surface area contributed by atoms with Crippen molar-refractivity contribution in [2.45, 2.75) is 19.8 Å². The molecule has 86 valence electrons. The third kappa shape index (κ3) is 3.02. The standard InChI is InChI=1S/C14H20N2/c1-11(7-12-5-3-2-4-6-12)8-13-9-14(15)16-10-13/h2-6,9,11,13,16H,7-8,10,15H2,1H3/t11?,13-/m0/s1. The topological polar surface area (TPSA) is 38.0 Å². The molecule has 0 saturated carbocycles. The fourth-order valence-corrected chi connectivity index (χ4v) is 2.39. The largest absolute Gasteiger partial charge is 0.386 e. The molecule has 0 aromatic heterocycles. The SMILES string of the molecule is CC(Cc1ccccc1)C[C@H]1C=C(N)NC1. The molecule has 1 aliphatic rings. The highest BCUT2D eigenvalue weighted by molar-refractivity contribution is 5.15. The van der Waals surface area contributed by atoms with Gasteiger partial charge in [-0.15, -0.1) is 0 Å². The van der Waals surface area contributed by atoms with Crippen LogP contribution in [-0.2, 0) is 6.42 Å². The fraction of sp³-hybridized carbons (Fsp3) is 0.429. The Morgan fingerprint density at radius 1 is 1.38 bits per heavy atom. The zero-order valence-electron chi connectivity index (χ0n) is 9.82. The Morgan fingerprint density at radius 3 is 2.75 bits per heavy atom. The molecular formula is C14H20N2. The van der Waals surface area contributed by atoms with E-state index < -0.39 is 0 Å². The molecule has 1 heterocycles. The molecule has 2 nitrogen and oxygen atoms in total. The number of nitrogens with one attached hydrogen (secondary N) is 1. The highest BCUT2D eigenvalue weighted by Gasteiger charge is 2.16. The van der Waals surface area contributed by atoms with Crippen LogP contribution >= 0.6 is 0 Å². The van der Waals surface area contributed by atoms with Crippen LogP contribution in [0.3, 0.4) is 0 Å². The van der Waals surface area contributed by atoms with Crippen LogP contribution in [0, 0.1) is 11.8 Å². The van der Waals surface area contributed by atoms with Crippen molar-refractivity contribution in [1.82, 2.24) is 5.32 Å². The second-order valence-corrected chi connectivity index (χ2v) is 4.79. The monoisotopic (exact) mass is 216 g/mol. The average molecular weight is 216 g/mol. The molecule has 0 amide bonds. The first-order valence-corrected chi connectivity index (χ1v) is 5.99. The summed E-state index contributed by atoms with van der Waals surface area (Å²) in [5.41, 5.74) is 7.13. The van der Waals surface area contributed by atoms with E-state index in [-0.39, 0.29) is 0 Å². The van der Waals surface area contributed by atoms with Gasteiger partial charge in [-0.3, -0.25) is 0 Å². The van der Waals surface area contributed by atoms with E-state index in [0.717, 1.165) is 18.8 Å². The lowest BCUT2D eigenvalue weighted by molar-refractivity contribution is 0.449. The first-order valence-electron chi connectivity index (χ1n) is 5.99. The van der Waals surface area contributed by atoms with Crippen molar-refractivity contribution < 1.29 is 0 Å². The van der Waals surface area contributed by atoms with Gasteiger partial charge in [0, 0.05) is 6.54 Å². The van der Waals surface area contributed by atoms with E-state index in [4.69, 9.17) is 5.73 Å². The van der Waals surface area contributed by atoms with Gasteiger partial charge < -0.3 is 11.1 Å². The van der Waals surface area contributed by atoms with Crippen molar-refractivity contribution >= 4 is 0 Å². The molecule has 1 aromatic rings. The summed E-state index contributed by atoms with van der Waals surface area (Å²) in [5.74, 6) is 2.16. The van der Waals surface area contributed by atoms with Crippen molar-refractivity contribution in [3.63, 3.8) is 0 Å². The van der Waals surface area contributed by atoms with Gasteiger partial charge in [-0.25, -0.2) is 0 Å². The number of nitrogens with two attached hydrogens (primary N) is 1. The van der Waals surface area contributed by atoms with Gasteiger partial charge in [-0.05, 0) is 36.3 Å². The third-order valence-electron chi connectivity index (χ3n) is 3.12. The minimum atomic E-state index is 0.610. The van der Waals surface area contributed by atoms with E-state index in [1.807, 2.05) is 0 Å². The van der Waals surface area contributed by atoms with Crippen LogP contribution in [0.1, 0.15) is 18.9 Å². The summed E-state index contributed by atoms with van der Waals surface area (Å²) in [6.07, 6.45) is 4.52. The Morgan fingerprint density at radius 2 is 2.12 bits per heavy atom. The van der Waals surface area contributed by atoms with Gasteiger partial charge >= 0.3 is 0 Å². The second kappa shape index (κ2) is 5.06. The third-order valence-corrected chi connectivity index (χ3v) is 3.12. The minimum Gasteiger partial charge on any atom is -0.386 e. The number of hydrogen-bond acceptors (Lipinski definition) is 2. The maximum absolute atomic E-state index is 5.70. The zero-order valence-corrected chi connectivity index (χ0v) is 9.82. The van der Waals surface area contributed by atoms with Crippen molar-refractivity contribution in [1.29, 1.82) is 0 Å². The Kier molecular flexibility index (Phi) is 3.50. The molecule has 0 aliphatic carbocycles. The summed E-state index contributed by atoms with van der Waals surface area (Å²) in [4.78, 5) is 0. The van der Waals surface area contributed by atoms with Gasteiger partial charge in [-0.2, -0.15) is 0 Å². The molecule has 2 atom stereocenters. The van der Waals surface area contributed by atoms with E-state index in [1.54, 1.807) is 0 Å². The van der Waals surface area contributed by atoms with Crippen molar-refractivity contribution in [3.8, 4) is 0 Å². The van der Waals surface area contributed by atoms with E-state index in [1.165, 1.54) is 12.0 Å². The number of rotatable bonds is 4. The fourth-order valence-electron chi connectivity index (χ4n) is 2.39. The van der Waals surface area contributed by atoms with E-state index in [0.29, 0.717) is 11.8 Å². The van der Waals surface area contributed by atoms with Crippen LogP contribution < -0.4 is 11.1 Å². The Hall–Kier alpha value is -1.44.